The van der Waals surface area contributed by atoms with Crippen molar-refractivity contribution in [2.75, 3.05) is 0 Å². The van der Waals surface area contributed by atoms with Gasteiger partial charge in [0, 0.05) is 9.70 Å². The molecule has 0 fully saturated rings. The van der Waals surface area contributed by atoms with Gasteiger partial charge in [0.05, 0.1) is 8.81 Å². The minimum atomic E-state index is 0.403. The number of halogens is 3. The van der Waals surface area contributed by atoms with Crippen LogP contribution in [0.4, 0.5) is 0 Å². The van der Waals surface area contributed by atoms with Crippen molar-refractivity contribution in [3.05, 3.63) is 19.8 Å². The summed E-state index contributed by atoms with van der Waals surface area (Å²) in [6.45, 7) is 9.21. The minimum Gasteiger partial charge on any atom is -0.130 e. The normalized spacial score (nSPS) is 15.9. The molecule has 1 aromatic rings. The highest BCUT2D eigenvalue weighted by Gasteiger charge is 2.20. The predicted octanol–water partition coefficient (Wildman–Crippen LogP) is 7.06. The molecule has 0 aromatic carbocycles. The molecule has 2 unspecified atom stereocenters. The van der Waals surface area contributed by atoms with E-state index in [-0.39, 0.29) is 0 Å². The third-order valence-corrected chi connectivity index (χ3v) is 6.30. The first-order valence-electron chi connectivity index (χ1n) is 5.78. The summed E-state index contributed by atoms with van der Waals surface area (Å²) in [6, 6.07) is 2.06. The zero-order valence-corrected chi connectivity index (χ0v) is 15.4. The molecule has 0 spiro atoms. The van der Waals surface area contributed by atoms with Gasteiger partial charge in [0.25, 0.3) is 0 Å². The highest BCUT2D eigenvalue weighted by molar-refractivity contribution is 9.11. The Balaban J connectivity index is 2.57. The first-order chi connectivity index (χ1) is 7.69. The van der Waals surface area contributed by atoms with Crippen LogP contribution in [0.5, 0.6) is 0 Å². The molecule has 0 aliphatic rings. The maximum Gasteiger partial charge on any atom is 0.0887 e. The number of alkyl halides is 1. The van der Waals surface area contributed by atoms with Crippen molar-refractivity contribution in [2.24, 2.45) is 11.3 Å². The average molecular weight is 403 g/mol. The van der Waals surface area contributed by atoms with Crippen molar-refractivity contribution in [1.29, 1.82) is 0 Å². The molecule has 4 heteroatoms. The molecule has 0 saturated carbocycles. The van der Waals surface area contributed by atoms with Gasteiger partial charge in [-0.3, -0.25) is 0 Å². The van der Waals surface area contributed by atoms with Crippen LogP contribution in [0.15, 0.2) is 9.85 Å². The van der Waals surface area contributed by atoms with E-state index in [4.69, 9.17) is 11.6 Å². The van der Waals surface area contributed by atoms with Gasteiger partial charge in [-0.15, -0.1) is 11.3 Å². The predicted molar refractivity (Wildman–Crippen MR) is 86.6 cm³/mol. The quantitative estimate of drug-likeness (QED) is 0.473. The van der Waals surface area contributed by atoms with Gasteiger partial charge in [-0.2, -0.15) is 0 Å². The highest BCUT2D eigenvalue weighted by atomic mass is 79.9. The van der Waals surface area contributed by atoms with Gasteiger partial charge in [0.15, 0.2) is 0 Å². The van der Waals surface area contributed by atoms with E-state index in [1.165, 1.54) is 11.3 Å². The van der Waals surface area contributed by atoms with E-state index < -0.39 is 0 Å². The van der Waals surface area contributed by atoms with Crippen LogP contribution in [0.1, 0.15) is 50.2 Å². The topological polar surface area (TPSA) is 0 Å². The molecule has 1 rings (SSSR count). The molecule has 0 radical (unpaired) electrons. The Morgan fingerprint density at radius 3 is 2.41 bits per heavy atom. The highest BCUT2D eigenvalue weighted by Crippen LogP contribution is 2.42. The van der Waals surface area contributed by atoms with Crippen molar-refractivity contribution < 1.29 is 0 Å². The lowest BCUT2D eigenvalue weighted by Crippen LogP contribution is -2.12. The van der Waals surface area contributed by atoms with Crippen LogP contribution in [0.3, 0.4) is 0 Å². The molecule has 98 valence electrons. The largest absolute Gasteiger partial charge is 0.130 e. The summed E-state index contributed by atoms with van der Waals surface area (Å²) in [7, 11) is 0. The van der Waals surface area contributed by atoms with Crippen LogP contribution >= 0.6 is 54.8 Å². The van der Waals surface area contributed by atoms with Gasteiger partial charge < -0.3 is 0 Å². The Morgan fingerprint density at radius 2 is 2.00 bits per heavy atom. The van der Waals surface area contributed by atoms with Crippen molar-refractivity contribution in [1.82, 2.24) is 0 Å². The average Bonchev–Trinajstić information content (AvgIpc) is 2.43. The molecule has 2 atom stereocenters. The summed E-state index contributed by atoms with van der Waals surface area (Å²) in [6.07, 6.45) is 2.40. The monoisotopic (exact) mass is 400 g/mol. The number of hydrogen-bond donors (Lipinski definition) is 0. The maximum atomic E-state index is 6.06. The first-order valence-corrected chi connectivity index (χ1v) is 8.68. The Bertz CT molecular complexity index is 348. The van der Waals surface area contributed by atoms with E-state index in [0.29, 0.717) is 16.2 Å². The molecule has 17 heavy (non-hydrogen) atoms. The van der Waals surface area contributed by atoms with Crippen LogP contribution in [0.25, 0.3) is 0 Å². The molecule has 1 aromatic heterocycles. The maximum absolute atomic E-state index is 6.06. The molecule has 0 N–H and O–H groups in total. The van der Waals surface area contributed by atoms with Crippen molar-refractivity contribution >= 4 is 54.8 Å². The summed E-state index contributed by atoms with van der Waals surface area (Å²) in [5, 5.41) is 0.818. The van der Waals surface area contributed by atoms with Gasteiger partial charge >= 0.3 is 0 Å². The van der Waals surface area contributed by atoms with E-state index >= 15 is 0 Å². The molecule has 0 aliphatic heterocycles. The van der Waals surface area contributed by atoms with Gasteiger partial charge in [0.2, 0.25) is 0 Å². The molecule has 0 amide bonds. The fourth-order valence-electron chi connectivity index (χ4n) is 2.12. The van der Waals surface area contributed by atoms with Gasteiger partial charge in [-0.05, 0) is 46.2 Å². The zero-order valence-electron chi connectivity index (χ0n) is 10.7. The molecule has 0 saturated heterocycles. The smallest absolute Gasteiger partial charge is 0.0887 e. The minimum absolute atomic E-state index is 0.403. The molecular weight excluding hydrogens is 383 g/mol. The number of rotatable bonds is 4. The lowest BCUT2D eigenvalue weighted by molar-refractivity contribution is 0.297. The second-order valence-electron chi connectivity index (χ2n) is 5.84. The summed E-state index contributed by atoms with van der Waals surface area (Å²) in [4.78, 5) is 1.72. The van der Waals surface area contributed by atoms with Crippen LogP contribution < -0.4 is 0 Å². The fraction of sp³-hybridized carbons (Fsp3) is 0.692. The van der Waals surface area contributed by atoms with Crippen molar-refractivity contribution in [3.63, 3.8) is 0 Å². The zero-order chi connectivity index (χ0) is 13.2. The van der Waals surface area contributed by atoms with Crippen LogP contribution in [-0.2, 0) is 0 Å². The number of hydrogen-bond acceptors (Lipinski definition) is 1. The second kappa shape index (κ2) is 6.40. The van der Waals surface area contributed by atoms with E-state index in [1.54, 1.807) is 11.3 Å². The lowest BCUT2D eigenvalue weighted by Gasteiger charge is -2.24. The number of thiophene rings is 1. The van der Waals surface area contributed by atoms with Crippen LogP contribution in [-0.4, -0.2) is 0 Å². The van der Waals surface area contributed by atoms with E-state index in [2.05, 4.69) is 65.6 Å². The SMILES string of the molecule is CC(CC(Br)c1cc(Cl)c(Br)s1)CC(C)(C)C. The molecule has 0 nitrogen and oxygen atoms in total. The van der Waals surface area contributed by atoms with Crippen LogP contribution in [0, 0.1) is 11.3 Å². The summed E-state index contributed by atoms with van der Waals surface area (Å²) >= 11 is 15.0. The molecular formula is C13H19Br2ClS. The summed E-state index contributed by atoms with van der Waals surface area (Å²) < 4.78 is 1.03. The Morgan fingerprint density at radius 1 is 1.41 bits per heavy atom. The van der Waals surface area contributed by atoms with Crippen molar-refractivity contribution in [3.8, 4) is 0 Å². The fourth-order valence-corrected chi connectivity index (χ4v) is 4.90. The van der Waals surface area contributed by atoms with E-state index in [0.717, 1.165) is 15.2 Å². The van der Waals surface area contributed by atoms with Crippen molar-refractivity contribution in [2.45, 2.75) is 45.4 Å². The van der Waals surface area contributed by atoms with E-state index in [9.17, 15) is 0 Å². The molecule has 0 aliphatic carbocycles. The Labute approximate surface area is 130 Å². The summed E-state index contributed by atoms with van der Waals surface area (Å²) in [5.74, 6) is 0.707. The third-order valence-electron chi connectivity index (χ3n) is 2.54. The first kappa shape index (κ1) is 16.0. The summed E-state index contributed by atoms with van der Waals surface area (Å²) in [5.41, 5.74) is 0.403. The Kier molecular flexibility index (Phi) is 6.03. The van der Waals surface area contributed by atoms with Crippen LogP contribution in [0.2, 0.25) is 5.02 Å². The second-order valence-corrected chi connectivity index (χ2v) is 9.76. The molecule has 1 heterocycles. The van der Waals surface area contributed by atoms with Gasteiger partial charge in [0.1, 0.15) is 0 Å². The van der Waals surface area contributed by atoms with E-state index in [1.807, 2.05) is 0 Å². The standard InChI is InChI=1S/C13H19Br2ClS/c1-8(7-13(2,3)4)5-9(14)11-6-10(16)12(15)17-11/h6,8-9H,5,7H2,1-4H3. The Hall–Kier alpha value is 0.950. The van der Waals surface area contributed by atoms with Gasteiger partial charge in [-0.25, -0.2) is 0 Å². The van der Waals surface area contributed by atoms with Gasteiger partial charge in [-0.1, -0.05) is 55.2 Å². The third kappa shape index (κ3) is 5.63. The lowest BCUT2D eigenvalue weighted by atomic mass is 9.83. The molecule has 0 bridgehead atoms.